The summed E-state index contributed by atoms with van der Waals surface area (Å²) in [5.74, 6) is -0.334. The third-order valence-corrected chi connectivity index (χ3v) is 4.63. The van der Waals surface area contributed by atoms with Crippen LogP contribution >= 0.6 is 0 Å². The highest BCUT2D eigenvalue weighted by molar-refractivity contribution is 5.90. The van der Waals surface area contributed by atoms with Crippen molar-refractivity contribution in [3.8, 4) is 0 Å². The summed E-state index contributed by atoms with van der Waals surface area (Å²) < 4.78 is 0. The molecule has 5 nitrogen and oxygen atoms in total. The fraction of sp³-hybridized carbons (Fsp3) is 0.238. The lowest BCUT2D eigenvalue weighted by Crippen LogP contribution is -2.33. The van der Waals surface area contributed by atoms with Crippen LogP contribution in [-0.4, -0.2) is 22.9 Å². The molecule has 5 heteroatoms. The number of hydrogen-bond acceptors (Lipinski definition) is 4. The highest BCUT2D eigenvalue weighted by Gasteiger charge is 2.29. The first-order chi connectivity index (χ1) is 12.7. The van der Waals surface area contributed by atoms with Crippen molar-refractivity contribution in [2.24, 2.45) is 0 Å². The number of benzene rings is 2. The number of hydrogen-bond donors (Lipinski definition) is 3. The zero-order chi connectivity index (χ0) is 18.4. The maximum atomic E-state index is 12.5. The fourth-order valence-electron chi connectivity index (χ4n) is 3.23. The molecule has 134 valence electrons. The molecule has 1 aliphatic heterocycles. The van der Waals surface area contributed by atoms with E-state index in [9.17, 15) is 9.59 Å². The number of nitrogens with one attached hydrogen (secondary N) is 2. The Balaban J connectivity index is 1.57. The summed E-state index contributed by atoms with van der Waals surface area (Å²) in [5.41, 5.74) is 4.60. The first-order valence-electron chi connectivity index (χ1n) is 8.70. The van der Waals surface area contributed by atoms with E-state index in [0.29, 0.717) is 6.42 Å². The number of carbonyl (C=O) groups is 2. The predicted molar refractivity (Wildman–Crippen MR) is 99.5 cm³/mol. The molecule has 1 amide bonds. The van der Waals surface area contributed by atoms with Crippen LogP contribution in [0.5, 0.6) is 0 Å². The molecular formula is C21H22N2O3. The molecule has 0 aliphatic carbocycles. The zero-order valence-electron chi connectivity index (χ0n) is 14.4. The molecule has 26 heavy (non-hydrogen) atoms. The molecule has 2 unspecified atom stereocenters. The second-order valence-corrected chi connectivity index (χ2v) is 6.45. The van der Waals surface area contributed by atoms with Crippen LogP contribution in [0.1, 0.15) is 35.6 Å². The summed E-state index contributed by atoms with van der Waals surface area (Å²) >= 11 is 0. The van der Waals surface area contributed by atoms with Crippen LogP contribution in [0.15, 0.2) is 60.7 Å². The summed E-state index contributed by atoms with van der Waals surface area (Å²) in [5, 5.41) is 11.9. The zero-order valence-corrected chi connectivity index (χ0v) is 14.4. The van der Waals surface area contributed by atoms with Crippen molar-refractivity contribution >= 4 is 17.8 Å². The van der Waals surface area contributed by atoms with Crippen molar-refractivity contribution in [2.45, 2.75) is 31.3 Å². The second kappa shape index (κ2) is 8.56. The van der Waals surface area contributed by atoms with E-state index in [1.165, 1.54) is 6.08 Å². The molecule has 3 N–H and O–H groups in total. The van der Waals surface area contributed by atoms with Gasteiger partial charge in [0.25, 0.3) is 5.91 Å². The van der Waals surface area contributed by atoms with Gasteiger partial charge < -0.3 is 5.32 Å². The second-order valence-electron chi connectivity index (χ2n) is 6.45. The fourth-order valence-corrected chi connectivity index (χ4v) is 3.23. The smallest absolute Gasteiger partial charge is 0.267 e. The Morgan fingerprint density at radius 2 is 1.81 bits per heavy atom. The molecule has 0 saturated carbocycles. The van der Waals surface area contributed by atoms with E-state index in [2.05, 4.69) is 5.32 Å². The lowest BCUT2D eigenvalue weighted by molar-refractivity contribution is -0.124. The highest BCUT2D eigenvalue weighted by Crippen LogP contribution is 2.27. The number of rotatable bonds is 6. The van der Waals surface area contributed by atoms with Gasteiger partial charge >= 0.3 is 0 Å². The van der Waals surface area contributed by atoms with Gasteiger partial charge in [-0.3, -0.25) is 14.8 Å². The maximum Gasteiger partial charge on any atom is 0.267 e. The first kappa shape index (κ1) is 18.0. The van der Waals surface area contributed by atoms with E-state index in [-0.39, 0.29) is 17.9 Å². The van der Waals surface area contributed by atoms with Crippen molar-refractivity contribution in [1.82, 2.24) is 10.8 Å². The molecule has 2 atom stereocenters. The summed E-state index contributed by atoms with van der Waals surface area (Å²) in [6.45, 7) is 0. The topological polar surface area (TPSA) is 78.4 Å². The summed E-state index contributed by atoms with van der Waals surface area (Å²) in [7, 11) is 0. The summed E-state index contributed by atoms with van der Waals surface area (Å²) in [6, 6.07) is 17.7. The van der Waals surface area contributed by atoms with Gasteiger partial charge in [0.2, 0.25) is 0 Å². The van der Waals surface area contributed by atoms with Crippen LogP contribution in [-0.2, 0) is 16.0 Å². The van der Waals surface area contributed by atoms with Gasteiger partial charge in [-0.05, 0) is 35.6 Å². The maximum absolute atomic E-state index is 12.5. The molecular weight excluding hydrogens is 328 g/mol. The molecule has 3 rings (SSSR count). The van der Waals surface area contributed by atoms with E-state index in [4.69, 9.17) is 5.21 Å². The number of ketones is 1. The quantitative estimate of drug-likeness (QED) is 0.425. The Morgan fingerprint density at radius 3 is 2.50 bits per heavy atom. The normalized spacial score (nSPS) is 19.6. The van der Waals surface area contributed by atoms with Crippen LogP contribution in [0.25, 0.3) is 6.08 Å². The largest absolute Gasteiger partial charge is 0.301 e. The Kier molecular flexibility index (Phi) is 5.94. The number of hydroxylamine groups is 1. The third kappa shape index (κ3) is 4.65. The molecule has 1 heterocycles. The molecule has 0 spiro atoms. The molecule has 2 aromatic carbocycles. The average molecular weight is 350 g/mol. The Hall–Kier alpha value is -2.76. The minimum Gasteiger partial charge on any atom is -0.301 e. The van der Waals surface area contributed by atoms with E-state index in [1.807, 2.05) is 54.6 Å². The lowest BCUT2D eigenvalue weighted by atomic mass is 10.0. The standard InChI is InChI=1S/C21H22N2O3/c24-20(14-16-4-2-1-3-5-16)19-12-11-18(22-19)17-9-6-15(7-10-17)8-13-21(25)23-26/h1-10,13,18-19,22,26H,11-12,14H2,(H,23,25)/b13-8+. The Morgan fingerprint density at radius 1 is 1.08 bits per heavy atom. The van der Waals surface area contributed by atoms with Crippen LogP contribution in [0, 0.1) is 0 Å². The summed E-state index contributed by atoms with van der Waals surface area (Å²) in [4.78, 5) is 23.5. The van der Waals surface area contributed by atoms with Gasteiger partial charge in [-0.25, -0.2) is 5.48 Å². The summed E-state index contributed by atoms with van der Waals surface area (Å²) in [6.07, 6.45) is 5.12. The monoisotopic (exact) mass is 350 g/mol. The van der Waals surface area contributed by atoms with E-state index in [1.54, 1.807) is 11.6 Å². The minimum absolute atomic E-state index is 0.104. The molecule has 0 radical (unpaired) electrons. The number of carbonyl (C=O) groups excluding carboxylic acids is 2. The molecule has 1 aliphatic rings. The van der Waals surface area contributed by atoms with Gasteiger partial charge in [0.05, 0.1) is 6.04 Å². The molecule has 1 saturated heterocycles. The number of amides is 1. The average Bonchev–Trinajstić information content (AvgIpc) is 3.17. The van der Waals surface area contributed by atoms with Crippen molar-refractivity contribution < 1.29 is 14.8 Å². The van der Waals surface area contributed by atoms with E-state index >= 15 is 0 Å². The van der Waals surface area contributed by atoms with Gasteiger partial charge in [-0.2, -0.15) is 0 Å². The van der Waals surface area contributed by atoms with Gasteiger partial charge in [0, 0.05) is 18.5 Å². The molecule has 2 aromatic rings. The van der Waals surface area contributed by atoms with E-state index in [0.717, 1.165) is 29.5 Å². The van der Waals surface area contributed by atoms with Gasteiger partial charge in [-0.15, -0.1) is 0 Å². The minimum atomic E-state index is -0.564. The highest BCUT2D eigenvalue weighted by atomic mass is 16.5. The van der Waals surface area contributed by atoms with Crippen molar-refractivity contribution in [2.75, 3.05) is 0 Å². The van der Waals surface area contributed by atoms with Crippen LogP contribution in [0.2, 0.25) is 0 Å². The van der Waals surface area contributed by atoms with Crippen LogP contribution < -0.4 is 10.8 Å². The van der Waals surface area contributed by atoms with Gasteiger partial charge in [0.15, 0.2) is 5.78 Å². The molecule has 0 aromatic heterocycles. The lowest BCUT2D eigenvalue weighted by Gasteiger charge is -2.14. The molecule has 1 fully saturated rings. The molecule has 0 bridgehead atoms. The van der Waals surface area contributed by atoms with Crippen molar-refractivity contribution in [1.29, 1.82) is 0 Å². The first-order valence-corrected chi connectivity index (χ1v) is 8.70. The van der Waals surface area contributed by atoms with Gasteiger partial charge in [-0.1, -0.05) is 54.6 Å². The van der Waals surface area contributed by atoms with Crippen molar-refractivity contribution in [3.63, 3.8) is 0 Å². The van der Waals surface area contributed by atoms with Crippen LogP contribution in [0.3, 0.4) is 0 Å². The number of Topliss-reactive ketones (excluding diaryl/α,β-unsaturated/α-hetero) is 1. The van der Waals surface area contributed by atoms with Crippen molar-refractivity contribution in [3.05, 3.63) is 77.4 Å². The predicted octanol–water partition coefficient (Wildman–Crippen LogP) is 2.81. The van der Waals surface area contributed by atoms with E-state index < -0.39 is 5.91 Å². The SMILES string of the molecule is O=C(/C=C/c1ccc(C2CCC(C(=O)Cc3ccccc3)N2)cc1)NO. The Labute approximate surface area is 152 Å². The third-order valence-electron chi connectivity index (χ3n) is 4.63. The van der Waals surface area contributed by atoms with Gasteiger partial charge in [0.1, 0.15) is 0 Å². The van der Waals surface area contributed by atoms with Crippen LogP contribution in [0.4, 0.5) is 0 Å². The Bertz CT molecular complexity index is 785.